The molecule has 2 N–H and O–H groups in total. The SMILES string of the molecule is CCOC(=O)c1c(NC(=O)CSc2nnc(NC(=O)c3cccc(F)c3)s2)sc2c1CCCCC2. The molecule has 0 unspecified atom stereocenters. The van der Waals surface area contributed by atoms with Crippen LogP contribution in [0.5, 0.6) is 0 Å². The summed E-state index contributed by atoms with van der Waals surface area (Å²) in [5.41, 5.74) is 1.64. The maximum atomic E-state index is 13.3. The highest BCUT2D eigenvalue weighted by atomic mass is 32.2. The Bertz CT molecular complexity index is 1240. The number of hydrogen-bond donors (Lipinski definition) is 2. The van der Waals surface area contributed by atoms with Gasteiger partial charge >= 0.3 is 5.97 Å². The lowest BCUT2D eigenvalue weighted by Crippen LogP contribution is -2.16. The number of carbonyl (C=O) groups is 3. The highest BCUT2D eigenvalue weighted by Gasteiger charge is 2.26. The first-order valence-electron chi connectivity index (χ1n) is 11.1. The minimum atomic E-state index is -0.509. The first kappa shape index (κ1) is 25.3. The Morgan fingerprint density at radius 1 is 1.11 bits per heavy atom. The van der Waals surface area contributed by atoms with Gasteiger partial charge in [0.2, 0.25) is 11.0 Å². The molecular weight excluding hydrogens is 511 g/mol. The molecule has 0 atom stereocenters. The van der Waals surface area contributed by atoms with Crippen molar-refractivity contribution in [1.29, 1.82) is 0 Å². The Labute approximate surface area is 213 Å². The van der Waals surface area contributed by atoms with Crippen molar-refractivity contribution in [2.45, 2.75) is 43.4 Å². The summed E-state index contributed by atoms with van der Waals surface area (Å²) in [5.74, 6) is -1.64. The van der Waals surface area contributed by atoms with Crippen LogP contribution in [0.1, 0.15) is 57.3 Å². The molecule has 2 heterocycles. The second kappa shape index (κ2) is 11.7. The molecule has 35 heavy (non-hydrogen) atoms. The van der Waals surface area contributed by atoms with Crippen molar-refractivity contribution in [2.24, 2.45) is 0 Å². The highest BCUT2D eigenvalue weighted by Crippen LogP contribution is 2.38. The Morgan fingerprint density at radius 3 is 2.74 bits per heavy atom. The van der Waals surface area contributed by atoms with E-state index in [2.05, 4.69) is 20.8 Å². The number of nitrogens with one attached hydrogen (secondary N) is 2. The second-order valence-corrected chi connectivity index (χ2v) is 11.0. The Kier molecular flexibility index (Phi) is 8.47. The second-order valence-electron chi connectivity index (χ2n) is 7.66. The summed E-state index contributed by atoms with van der Waals surface area (Å²) in [6.07, 6.45) is 4.89. The summed E-state index contributed by atoms with van der Waals surface area (Å²) in [7, 11) is 0. The minimum Gasteiger partial charge on any atom is -0.462 e. The lowest BCUT2D eigenvalue weighted by Gasteiger charge is -2.08. The topological polar surface area (TPSA) is 110 Å². The third kappa shape index (κ3) is 6.44. The van der Waals surface area contributed by atoms with Gasteiger partial charge in [-0.05, 0) is 56.4 Å². The number of rotatable bonds is 8. The third-order valence-electron chi connectivity index (χ3n) is 5.19. The van der Waals surface area contributed by atoms with Crippen LogP contribution in [0.2, 0.25) is 0 Å². The molecule has 2 aromatic heterocycles. The number of benzene rings is 1. The summed E-state index contributed by atoms with van der Waals surface area (Å²) >= 11 is 3.73. The fourth-order valence-electron chi connectivity index (χ4n) is 3.66. The lowest BCUT2D eigenvalue weighted by molar-refractivity contribution is -0.113. The fourth-order valence-corrected chi connectivity index (χ4v) is 6.50. The van der Waals surface area contributed by atoms with Gasteiger partial charge in [-0.1, -0.05) is 35.6 Å². The minimum absolute atomic E-state index is 0.0529. The lowest BCUT2D eigenvalue weighted by atomic mass is 10.1. The van der Waals surface area contributed by atoms with E-state index in [9.17, 15) is 18.8 Å². The van der Waals surface area contributed by atoms with Gasteiger partial charge in [0.15, 0.2) is 4.34 Å². The normalized spacial score (nSPS) is 13.0. The number of thiophene rings is 1. The molecule has 1 aromatic carbocycles. The molecule has 8 nitrogen and oxygen atoms in total. The Hall–Kier alpha value is -2.83. The van der Waals surface area contributed by atoms with Crippen LogP contribution in [-0.2, 0) is 22.4 Å². The first-order chi connectivity index (χ1) is 16.9. The largest absolute Gasteiger partial charge is 0.462 e. The number of halogens is 1. The van der Waals surface area contributed by atoms with Gasteiger partial charge in [0.05, 0.1) is 17.9 Å². The summed E-state index contributed by atoms with van der Waals surface area (Å²) in [6, 6.07) is 5.33. The standard InChI is InChI=1S/C23H23FN4O4S3/c1-2-32-21(31)18-15-9-4-3-5-10-16(15)34-20(18)25-17(29)12-33-23-28-27-22(35-23)26-19(30)13-7-6-8-14(24)11-13/h6-8,11H,2-5,9-10,12H2,1H3,(H,25,29)(H,26,27,30). The van der Waals surface area contributed by atoms with Gasteiger partial charge in [-0.2, -0.15) is 0 Å². The molecule has 1 aliphatic rings. The molecule has 184 valence electrons. The van der Waals surface area contributed by atoms with Gasteiger partial charge in [-0.3, -0.25) is 14.9 Å². The van der Waals surface area contributed by atoms with Crippen LogP contribution in [0.3, 0.4) is 0 Å². The zero-order chi connectivity index (χ0) is 24.8. The molecule has 0 saturated carbocycles. The fraction of sp³-hybridized carbons (Fsp3) is 0.348. The highest BCUT2D eigenvalue weighted by molar-refractivity contribution is 8.01. The van der Waals surface area contributed by atoms with Crippen LogP contribution in [0, 0.1) is 5.82 Å². The van der Waals surface area contributed by atoms with Crippen LogP contribution in [0.15, 0.2) is 28.6 Å². The van der Waals surface area contributed by atoms with E-state index in [1.54, 1.807) is 6.92 Å². The van der Waals surface area contributed by atoms with Crippen molar-refractivity contribution in [3.63, 3.8) is 0 Å². The quantitative estimate of drug-likeness (QED) is 0.178. The number of aryl methyl sites for hydroxylation is 1. The van der Waals surface area contributed by atoms with Crippen molar-refractivity contribution >= 4 is 62.4 Å². The van der Waals surface area contributed by atoms with Gasteiger partial charge < -0.3 is 10.1 Å². The number of carbonyl (C=O) groups excluding carboxylic acids is 3. The van der Waals surface area contributed by atoms with E-state index in [0.717, 1.165) is 59.9 Å². The molecule has 3 aromatic rings. The van der Waals surface area contributed by atoms with Gasteiger partial charge in [-0.25, -0.2) is 9.18 Å². The number of hydrogen-bond acceptors (Lipinski definition) is 9. The zero-order valence-electron chi connectivity index (χ0n) is 18.9. The number of ether oxygens (including phenoxy) is 1. The molecule has 0 spiro atoms. The number of nitrogens with zero attached hydrogens (tertiary/aromatic N) is 2. The molecule has 4 rings (SSSR count). The molecule has 1 aliphatic carbocycles. The first-order valence-corrected chi connectivity index (χ1v) is 13.7. The van der Waals surface area contributed by atoms with E-state index >= 15 is 0 Å². The zero-order valence-corrected chi connectivity index (χ0v) is 21.3. The predicted octanol–water partition coefficient (Wildman–Crippen LogP) is 5.17. The van der Waals surface area contributed by atoms with E-state index < -0.39 is 17.7 Å². The van der Waals surface area contributed by atoms with Crippen LogP contribution >= 0.6 is 34.4 Å². The Balaban J connectivity index is 1.37. The van der Waals surface area contributed by atoms with Gasteiger partial charge in [-0.15, -0.1) is 21.5 Å². The van der Waals surface area contributed by atoms with Crippen LogP contribution < -0.4 is 10.6 Å². The van der Waals surface area contributed by atoms with Crippen LogP contribution in [-0.4, -0.2) is 40.3 Å². The maximum absolute atomic E-state index is 13.3. The van der Waals surface area contributed by atoms with Crippen molar-refractivity contribution in [1.82, 2.24) is 10.2 Å². The molecule has 0 saturated heterocycles. The summed E-state index contributed by atoms with van der Waals surface area (Å²) in [4.78, 5) is 38.7. The van der Waals surface area contributed by atoms with Crippen LogP contribution in [0.4, 0.5) is 14.5 Å². The van der Waals surface area contributed by atoms with E-state index in [1.165, 1.54) is 41.3 Å². The average molecular weight is 535 g/mol. The van der Waals surface area contributed by atoms with E-state index in [4.69, 9.17) is 4.74 Å². The summed E-state index contributed by atoms with van der Waals surface area (Å²) in [6.45, 7) is 2.02. The third-order valence-corrected chi connectivity index (χ3v) is 8.37. The molecular formula is C23H23FN4O4S3. The summed E-state index contributed by atoms with van der Waals surface area (Å²) < 4.78 is 19.1. The molecule has 0 radical (unpaired) electrons. The van der Waals surface area contributed by atoms with Crippen molar-refractivity contribution < 1.29 is 23.5 Å². The maximum Gasteiger partial charge on any atom is 0.341 e. The molecule has 12 heteroatoms. The van der Waals surface area contributed by atoms with Crippen LogP contribution in [0.25, 0.3) is 0 Å². The van der Waals surface area contributed by atoms with Crippen molar-refractivity contribution in [3.05, 3.63) is 51.7 Å². The van der Waals surface area contributed by atoms with E-state index in [1.807, 2.05) is 0 Å². The predicted molar refractivity (Wildman–Crippen MR) is 135 cm³/mol. The molecule has 0 aliphatic heterocycles. The number of fused-ring (bicyclic) bond motifs is 1. The molecule has 2 amide bonds. The summed E-state index contributed by atoms with van der Waals surface area (Å²) in [5, 5.41) is 14.1. The molecule has 0 bridgehead atoms. The average Bonchev–Trinajstić information content (AvgIpc) is 3.34. The van der Waals surface area contributed by atoms with Crippen molar-refractivity contribution in [2.75, 3.05) is 23.0 Å². The number of anilines is 2. The molecule has 0 fully saturated rings. The van der Waals surface area contributed by atoms with Crippen molar-refractivity contribution in [3.8, 4) is 0 Å². The van der Waals surface area contributed by atoms with Gasteiger partial charge in [0.25, 0.3) is 5.91 Å². The number of thioether (sulfide) groups is 1. The smallest absolute Gasteiger partial charge is 0.341 e. The van der Waals surface area contributed by atoms with E-state index in [-0.39, 0.29) is 29.0 Å². The van der Waals surface area contributed by atoms with Gasteiger partial charge in [0.1, 0.15) is 10.8 Å². The van der Waals surface area contributed by atoms with Gasteiger partial charge in [0, 0.05) is 10.4 Å². The number of esters is 1. The number of amides is 2. The monoisotopic (exact) mass is 534 g/mol. The Morgan fingerprint density at radius 2 is 1.94 bits per heavy atom. The van der Waals surface area contributed by atoms with E-state index in [0.29, 0.717) is 14.9 Å². The number of aromatic nitrogens is 2.